The van der Waals surface area contributed by atoms with Gasteiger partial charge in [0.05, 0.1) is 11.0 Å². The maximum absolute atomic E-state index is 5.19. The molecule has 3 heterocycles. The van der Waals surface area contributed by atoms with E-state index >= 15 is 0 Å². The number of aromatic amines is 1. The summed E-state index contributed by atoms with van der Waals surface area (Å²) in [7, 11) is 0. The SMILES string of the molecule is CCc1csc(-c2ccc3c4ccc(-c5cc(CC)cs5)cc4c4[nH]c(-c5ccccc5)nc4c3c2)c1. The fraction of sp³-hybridized carbons (Fsp3) is 0.121. The highest BCUT2D eigenvalue weighted by molar-refractivity contribution is 7.14. The average molecular weight is 515 g/mol. The molecule has 0 bridgehead atoms. The first kappa shape index (κ1) is 22.5. The molecule has 2 nitrogen and oxygen atoms in total. The van der Waals surface area contributed by atoms with Crippen LogP contribution in [0.25, 0.3) is 64.8 Å². The molecular weight excluding hydrogens is 489 g/mol. The summed E-state index contributed by atoms with van der Waals surface area (Å²) in [6.45, 7) is 4.43. The quantitative estimate of drug-likeness (QED) is 0.227. The number of imidazole rings is 1. The van der Waals surface area contributed by atoms with Crippen LogP contribution in [-0.4, -0.2) is 9.97 Å². The molecule has 37 heavy (non-hydrogen) atoms. The van der Waals surface area contributed by atoms with Crippen LogP contribution in [0, 0.1) is 0 Å². The summed E-state index contributed by atoms with van der Waals surface area (Å²) in [4.78, 5) is 11.5. The molecule has 3 aromatic heterocycles. The van der Waals surface area contributed by atoms with Gasteiger partial charge in [0, 0.05) is 26.1 Å². The zero-order chi connectivity index (χ0) is 24.9. The lowest BCUT2D eigenvalue weighted by molar-refractivity contribution is 1.16. The van der Waals surface area contributed by atoms with Crippen molar-refractivity contribution in [2.45, 2.75) is 26.7 Å². The van der Waals surface area contributed by atoms with Crippen LogP contribution in [0.3, 0.4) is 0 Å². The summed E-state index contributed by atoms with van der Waals surface area (Å²) in [6, 6.07) is 28.9. The maximum atomic E-state index is 5.19. The smallest absolute Gasteiger partial charge is 0.138 e. The molecule has 4 heteroatoms. The van der Waals surface area contributed by atoms with E-state index in [1.54, 1.807) is 0 Å². The van der Waals surface area contributed by atoms with Crippen LogP contribution in [0.1, 0.15) is 25.0 Å². The van der Waals surface area contributed by atoms with Crippen molar-refractivity contribution in [3.8, 4) is 32.3 Å². The number of hydrogen-bond donors (Lipinski definition) is 1. The highest BCUT2D eigenvalue weighted by atomic mass is 32.1. The summed E-state index contributed by atoms with van der Waals surface area (Å²) >= 11 is 3.65. The van der Waals surface area contributed by atoms with Crippen LogP contribution >= 0.6 is 22.7 Å². The molecule has 0 saturated carbocycles. The minimum atomic E-state index is 0.911. The number of nitrogens with zero attached hydrogens (tertiary/aromatic N) is 1. The molecule has 0 spiro atoms. The van der Waals surface area contributed by atoms with E-state index in [2.05, 4.69) is 102 Å². The summed E-state index contributed by atoms with van der Waals surface area (Å²) in [5.41, 5.74) is 8.54. The summed E-state index contributed by atoms with van der Waals surface area (Å²) < 4.78 is 0. The van der Waals surface area contributed by atoms with Gasteiger partial charge in [-0.2, -0.15) is 0 Å². The standard InChI is InChI=1S/C33H26N2S2/c1-3-20-14-29(36-18-20)23-10-12-25-26-13-11-24(30-15-21(4-2)19-37-30)17-28(26)32-31(27(25)16-23)34-33(35-32)22-8-6-5-7-9-22/h5-19H,3-4H2,1-2H3,(H,34,35). The number of hydrogen-bond acceptors (Lipinski definition) is 3. The average Bonchev–Trinajstić information content (AvgIpc) is 3.73. The van der Waals surface area contributed by atoms with Crippen molar-refractivity contribution >= 4 is 55.3 Å². The third kappa shape index (κ3) is 3.79. The molecule has 0 aliphatic rings. The van der Waals surface area contributed by atoms with E-state index in [1.165, 1.54) is 53.6 Å². The first-order valence-electron chi connectivity index (χ1n) is 12.8. The van der Waals surface area contributed by atoms with Crippen LogP contribution in [0.4, 0.5) is 0 Å². The molecule has 0 amide bonds. The molecule has 1 N–H and O–H groups in total. The fourth-order valence-corrected chi connectivity index (χ4v) is 7.18. The second-order valence-corrected chi connectivity index (χ2v) is 11.4. The first-order chi connectivity index (χ1) is 18.2. The van der Waals surface area contributed by atoms with Gasteiger partial charge in [0.25, 0.3) is 0 Å². The number of H-pyrrole nitrogens is 1. The van der Waals surface area contributed by atoms with Crippen molar-refractivity contribution in [2.24, 2.45) is 0 Å². The van der Waals surface area contributed by atoms with E-state index in [-0.39, 0.29) is 0 Å². The Bertz CT molecular complexity index is 1780. The molecule has 7 rings (SSSR count). The number of aryl methyl sites for hydroxylation is 2. The Labute approximate surface area is 224 Å². The van der Waals surface area contributed by atoms with Gasteiger partial charge >= 0.3 is 0 Å². The molecule has 0 aliphatic carbocycles. The Morgan fingerprint density at radius 2 is 1.22 bits per heavy atom. The van der Waals surface area contributed by atoms with Gasteiger partial charge in [0.1, 0.15) is 5.82 Å². The Balaban J connectivity index is 1.52. The Morgan fingerprint density at radius 3 is 1.81 bits per heavy atom. The van der Waals surface area contributed by atoms with Gasteiger partial charge in [0.2, 0.25) is 0 Å². The van der Waals surface area contributed by atoms with Crippen LogP contribution in [0.15, 0.2) is 89.6 Å². The minimum absolute atomic E-state index is 0.911. The van der Waals surface area contributed by atoms with E-state index < -0.39 is 0 Å². The molecule has 0 saturated heterocycles. The molecule has 7 aromatic rings. The van der Waals surface area contributed by atoms with Crippen LogP contribution < -0.4 is 0 Å². The van der Waals surface area contributed by atoms with Crippen molar-refractivity contribution in [1.29, 1.82) is 0 Å². The monoisotopic (exact) mass is 514 g/mol. The van der Waals surface area contributed by atoms with Gasteiger partial charge in [-0.25, -0.2) is 4.98 Å². The zero-order valence-corrected chi connectivity index (χ0v) is 22.5. The summed E-state index contributed by atoms with van der Waals surface area (Å²) in [5, 5.41) is 9.47. The fourth-order valence-electron chi connectivity index (χ4n) is 5.19. The van der Waals surface area contributed by atoms with Crippen LogP contribution in [-0.2, 0) is 12.8 Å². The molecule has 0 fully saturated rings. The van der Waals surface area contributed by atoms with Crippen molar-refractivity contribution < 1.29 is 0 Å². The second-order valence-electron chi connectivity index (χ2n) is 9.54. The molecule has 0 radical (unpaired) electrons. The highest BCUT2D eigenvalue weighted by Gasteiger charge is 2.16. The molecule has 180 valence electrons. The van der Waals surface area contributed by atoms with Crippen molar-refractivity contribution in [3.63, 3.8) is 0 Å². The first-order valence-corrected chi connectivity index (χ1v) is 14.6. The van der Waals surface area contributed by atoms with E-state index in [0.29, 0.717) is 0 Å². The van der Waals surface area contributed by atoms with Gasteiger partial charge in [-0.05, 0) is 80.9 Å². The van der Waals surface area contributed by atoms with Gasteiger partial charge in [-0.3, -0.25) is 0 Å². The van der Waals surface area contributed by atoms with Crippen molar-refractivity contribution in [2.75, 3.05) is 0 Å². The summed E-state index contributed by atoms with van der Waals surface area (Å²) in [6.07, 6.45) is 2.12. The van der Waals surface area contributed by atoms with E-state index in [0.717, 1.165) is 35.3 Å². The Morgan fingerprint density at radius 1 is 0.622 bits per heavy atom. The van der Waals surface area contributed by atoms with Crippen LogP contribution in [0.5, 0.6) is 0 Å². The topological polar surface area (TPSA) is 28.7 Å². The lowest BCUT2D eigenvalue weighted by Crippen LogP contribution is -1.85. The van der Waals surface area contributed by atoms with E-state index in [9.17, 15) is 0 Å². The number of nitrogens with one attached hydrogen (secondary N) is 1. The number of rotatable bonds is 5. The minimum Gasteiger partial charge on any atom is -0.337 e. The molecule has 0 unspecified atom stereocenters. The third-order valence-electron chi connectivity index (χ3n) is 7.30. The van der Waals surface area contributed by atoms with Crippen molar-refractivity contribution in [1.82, 2.24) is 9.97 Å². The lowest BCUT2D eigenvalue weighted by Gasteiger charge is -2.09. The second kappa shape index (κ2) is 8.98. The molecule has 0 aliphatic heterocycles. The highest BCUT2D eigenvalue weighted by Crippen LogP contribution is 2.40. The number of thiophene rings is 2. The van der Waals surface area contributed by atoms with Crippen LogP contribution in [0.2, 0.25) is 0 Å². The van der Waals surface area contributed by atoms with Crippen molar-refractivity contribution in [3.05, 3.63) is 101 Å². The van der Waals surface area contributed by atoms with Gasteiger partial charge in [-0.15, -0.1) is 22.7 Å². The van der Waals surface area contributed by atoms with E-state index in [4.69, 9.17) is 4.98 Å². The predicted octanol–water partition coefficient (Wildman–Crippen LogP) is 10.1. The number of fused-ring (bicyclic) bond motifs is 6. The van der Waals surface area contributed by atoms with Gasteiger partial charge in [0.15, 0.2) is 0 Å². The lowest BCUT2D eigenvalue weighted by atomic mass is 9.96. The Hall–Kier alpha value is -3.73. The maximum Gasteiger partial charge on any atom is 0.138 e. The van der Waals surface area contributed by atoms with E-state index in [1.807, 2.05) is 28.7 Å². The largest absolute Gasteiger partial charge is 0.337 e. The third-order valence-corrected chi connectivity index (χ3v) is 9.35. The normalized spacial score (nSPS) is 11.7. The van der Waals surface area contributed by atoms with Gasteiger partial charge in [-0.1, -0.05) is 68.4 Å². The summed E-state index contributed by atoms with van der Waals surface area (Å²) in [5.74, 6) is 0.911. The zero-order valence-electron chi connectivity index (χ0n) is 20.8. The predicted molar refractivity (Wildman–Crippen MR) is 162 cm³/mol. The van der Waals surface area contributed by atoms with Gasteiger partial charge < -0.3 is 4.98 Å². The number of aromatic nitrogens is 2. The molecular formula is C33H26N2S2. The molecule has 4 aromatic carbocycles. The number of benzene rings is 4. The Kier molecular flexibility index (Phi) is 5.45. The molecule has 0 atom stereocenters.